The number of nitrogens with one attached hydrogen (secondary N) is 2. The second-order valence-corrected chi connectivity index (χ2v) is 10.0. The highest BCUT2D eigenvalue weighted by molar-refractivity contribution is 6.07. The highest BCUT2D eigenvalue weighted by Gasteiger charge is 2.37. The van der Waals surface area contributed by atoms with Crippen LogP contribution in [0.4, 0.5) is 33.3 Å². The lowest BCUT2D eigenvalue weighted by Crippen LogP contribution is -2.55. The molecule has 0 radical (unpaired) electrons. The van der Waals surface area contributed by atoms with E-state index in [0.29, 0.717) is 25.9 Å². The first-order valence-electron chi connectivity index (χ1n) is 13.0. The van der Waals surface area contributed by atoms with Crippen molar-refractivity contribution >= 4 is 17.3 Å². The Kier molecular flexibility index (Phi) is 9.16. The van der Waals surface area contributed by atoms with Crippen molar-refractivity contribution in [2.45, 2.75) is 32.1 Å². The van der Waals surface area contributed by atoms with Gasteiger partial charge in [0.25, 0.3) is 5.91 Å². The molecule has 2 aromatic heterocycles. The second kappa shape index (κ2) is 12.4. The highest BCUT2D eigenvalue weighted by atomic mass is 19.4. The first-order chi connectivity index (χ1) is 19.8. The van der Waals surface area contributed by atoms with Crippen molar-refractivity contribution in [1.82, 2.24) is 14.9 Å². The third-order valence-corrected chi connectivity index (χ3v) is 7.17. The Morgan fingerprint density at radius 2 is 1.83 bits per heavy atom. The Morgan fingerprint density at radius 1 is 1.14 bits per heavy atom. The number of carbonyl (C=O) groups excluding carboxylic acids is 1. The van der Waals surface area contributed by atoms with Crippen LogP contribution in [-0.2, 0) is 10.9 Å². The molecule has 226 valence electrons. The van der Waals surface area contributed by atoms with E-state index in [4.69, 9.17) is 9.47 Å². The number of nitrogens with zero attached hydrogens (tertiary/aromatic N) is 3. The summed E-state index contributed by atoms with van der Waals surface area (Å²) in [5, 5.41) is 2.23. The molecule has 42 heavy (non-hydrogen) atoms. The Labute approximate surface area is 238 Å². The van der Waals surface area contributed by atoms with Gasteiger partial charge in [-0.05, 0) is 27.0 Å². The van der Waals surface area contributed by atoms with E-state index >= 15 is 8.78 Å². The van der Waals surface area contributed by atoms with Crippen molar-refractivity contribution in [1.29, 1.82) is 0 Å². The number of likely N-dealkylation sites (N-methyl/N-ethyl adjacent to an activating group) is 1. The number of rotatable bonds is 8. The summed E-state index contributed by atoms with van der Waals surface area (Å²) in [6.45, 7) is 4.97. The molecule has 0 unspecified atom stereocenters. The number of hydrogen-bond donors (Lipinski definition) is 2. The number of benzene rings is 1. The van der Waals surface area contributed by atoms with Crippen LogP contribution >= 0.6 is 0 Å². The summed E-state index contributed by atoms with van der Waals surface area (Å²) in [5.74, 6) is -3.33. The van der Waals surface area contributed by atoms with Crippen molar-refractivity contribution in [2.75, 3.05) is 50.7 Å². The normalized spacial score (nSPS) is 17.8. The topological polar surface area (TPSA) is 99.8 Å². The van der Waals surface area contributed by atoms with Crippen LogP contribution in [0.5, 0.6) is 5.88 Å². The monoisotopic (exact) mass is 595 g/mol. The summed E-state index contributed by atoms with van der Waals surface area (Å²) in [5.41, 5.74) is -4.60. The summed E-state index contributed by atoms with van der Waals surface area (Å²) in [4.78, 5) is 34.6. The molecule has 1 fully saturated rings. The maximum Gasteiger partial charge on any atom is 0.417 e. The predicted octanol–water partition coefficient (Wildman–Crippen LogP) is 4.54. The molecule has 0 spiro atoms. The standard InChI is InChI=1S/C28H30F5N5O4/c1-15-13-38(14-16(2)37(15)3)21-10-20(29)24(17-5-6-23(35-11-17)42-8-7-41-4)25(30)26(21)36-27(40)18-12-34-22(39)9-19(18)28(31,32)33/h5-6,9-12,15-16H,7-8,13-14H2,1-4H3,(H,34,39)(H,36,40)/t15-,16+. The van der Waals surface area contributed by atoms with E-state index in [1.54, 1.807) is 4.90 Å². The molecular formula is C28H30F5N5O4. The van der Waals surface area contributed by atoms with Crippen LogP contribution in [0.1, 0.15) is 29.8 Å². The van der Waals surface area contributed by atoms with Gasteiger partial charge in [-0.15, -0.1) is 0 Å². The molecule has 1 amide bonds. The molecule has 1 aliphatic rings. The van der Waals surface area contributed by atoms with Crippen LogP contribution in [0.15, 0.2) is 41.5 Å². The number of halogens is 5. The van der Waals surface area contributed by atoms with Crippen LogP contribution in [0.2, 0.25) is 0 Å². The molecule has 0 saturated carbocycles. The number of carbonyl (C=O) groups is 1. The average molecular weight is 596 g/mol. The van der Waals surface area contributed by atoms with Crippen LogP contribution < -0.4 is 20.5 Å². The van der Waals surface area contributed by atoms with Gasteiger partial charge in [0, 0.05) is 68.4 Å². The minimum Gasteiger partial charge on any atom is -0.475 e. The fraction of sp³-hybridized carbons (Fsp3) is 0.393. The first-order valence-corrected chi connectivity index (χ1v) is 13.0. The van der Waals surface area contributed by atoms with Crippen molar-refractivity contribution in [3.8, 4) is 17.0 Å². The lowest BCUT2D eigenvalue weighted by molar-refractivity contribution is -0.138. The summed E-state index contributed by atoms with van der Waals surface area (Å²) in [6.07, 6.45) is -3.26. The molecule has 4 rings (SSSR count). The third-order valence-electron chi connectivity index (χ3n) is 7.17. The van der Waals surface area contributed by atoms with Gasteiger partial charge in [0.15, 0.2) is 5.82 Å². The molecule has 1 aliphatic heterocycles. The maximum absolute atomic E-state index is 16.3. The van der Waals surface area contributed by atoms with E-state index in [-0.39, 0.29) is 41.9 Å². The number of hydrogen-bond acceptors (Lipinski definition) is 7. The van der Waals surface area contributed by atoms with Gasteiger partial charge in [0.05, 0.1) is 29.0 Å². The zero-order valence-electron chi connectivity index (χ0n) is 23.3. The van der Waals surface area contributed by atoms with Crippen LogP contribution in [0.25, 0.3) is 11.1 Å². The van der Waals surface area contributed by atoms with E-state index in [9.17, 15) is 22.8 Å². The van der Waals surface area contributed by atoms with E-state index in [1.165, 1.54) is 25.4 Å². The van der Waals surface area contributed by atoms with Crippen molar-refractivity contribution in [2.24, 2.45) is 0 Å². The number of H-pyrrole nitrogens is 1. The molecule has 14 heteroatoms. The van der Waals surface area contributed by atoms with Gasteiger partial charge in [-0.1, -0.05) is 0 Å². The zero-order valence-corrected chi connectivity index (χ0v) is 23.3. The largest absolute Gasteiger partial charge is 0.475 e. The fourth-order valence-corrected chi connectivity index (χ4v) is 4.76. The van der Waals surface area contributed by atoms with Crippen molar-refractivity contribution in [3.63, 3.8) is 0 Å². The molecule has 2 atom stereocenters. The number of alkyl halides is 3. The van der Waals surface area contributed by atoms with Crippen LogP contribution in [0.3, 0.4) is 0 Å². The summed E-state index contributed by atoms with van der Waals surface area (Å²) in [7, 11) is 3.40. The fourth-order valence-electron chi connectivity index (χ4n) is 4.76. The number of aromatic nitrogens is 2. The number of pyridine rings is 2. The predicted molar refractivity (Wildman–Crippen MR) is 146 cm³/mol. The van der Waals surface area contributed by atoms with Gasteiger partial charge < -0.3 is 24.7 Å². The van der Waals surface area contributed by atoms with E-state index < -0.39 is 51.7 Å². The van der Waals surface area contributed by atoms with Crippen LogP contribution in [-0.4, -0.2) is 73.3 Å². The van der Waals surface area contributed by atoms with E-state index in [0.717, 1.165) is 6.07 Å². The first kappa shape index (κ1) is 30.9. The SMILES string of the molecule is COCCOc1ccc(-c2c(F)cc(N3C[C@@H](C)N(C)[C@@H](C)C3)c(NC(=O)c3c[nH]c(=O)cc3C(F)(F)F)c2F)cn1. The summed E-state index contributed by atoms with van der Waals surface area (Å²) >= 11 is 0. The Bertz CT molecular complexity index is 1480. The molecule has 1 aromatic carbocycles. The molecule has 2 N–H and O–H groups in total. The van der Waals surface area contributed by atoms with Gasteiger partial charge in [0.1, 0.15) is 18.1 Å². The molecule has 9 nitrogen and oxygen atoms in total. The molecule has 3 heterocycles. The summed E-state index contributed by atoms with van der Waals surface area (Å²) in [6, 6.07) is 3.96. The third kappa shape index (κ3) is 6.54. The van der Waals surface area contributed by atoms with Gasteiger partial charge in [-0.2, -0.15) is 13.2 Å². The lowest BCUT2D eigenvalue weighted by atomic mass is 10.0. The quantitative estimate of drug-likeness (QED) is 0.292. The number of piperazine rings is 1. The minimum atomic E-state index is -5.04. The summed E-state index contributed by atoms with van der Waals surface area (Å²) < 4.78 is 83.2. The van der Waals surface area contributed by atoms with Crippen LogP contribution in [0, 0.1) is 11.6 Å². The Morgan fingerprint density at radius 3 is 2.43 bits per heavy atom. The molecule has 3 aromatic rings. The smallest absolute Gasteiger partial charge is 0.417 e. The number of methoxy groups -OCH3 is 1. The Balaban J connectivity index is 1.81. The second-order valence-electron chi connectivity index (χ2n) is 10.0. The zero-order chi connectivity index (χ0) is 30.8. The van der Waals surface area contributed by atoms with Gasteiger partial charge in [-0.3, -0.25) is 14.5 Å². The van der Waals surface area contributed by atoms with Gasteiger partial charge in [0.2, 0.25) is 11.4 Å². The average Bonchev–Trinajstić information content (AvgIpc) is 2.93. The molecular weight excluding hydrogens is 565 g/mol. The minimum absolute atomic E-state index is 0.00581. The number of ether oxygens (including phenoxy) is 2. The lowest BCUT2D eigenvalue weighted by Gasteiger charge is -2.44. The number of anilines is 2. The molecule has 0 aliphatic carbocycles. The van der Waals surface area contributed by atoms with Gasteiger partial charge in [-0.25, -0.2) is 13.8 Å². The molecule has 0 bridgehead atoms. The maximum atomic E-state index is 16.3. The van der Waals surface area contributed by atoms with Crippen molar-refractivity contribution in [3.05, 3.63) is 69.8 Å². The molecule has 1 saturated heterocycles. The van der Waals surface area contributed by atoms with Gasteiger partial charge >= 0.3 is 6.18 Å². The number of amides is 1. The van der Waals surface area contributed by atoms with E-state index in [1.807, 2.05) is 25.9 Å². The van der Waals surface area contributed by atoms with E-state index in [2.05, 4.69) is 15.2 Å². The van der Waals surface area contributed by atoms with Crippen molar-refractivity contribution < 1.29 is 36.2 Å². The highest BCUT2D eigenvalue weighted by Crippen LogP contribution is 2.40. The Hall–Kier alpha value is -4.04. The number of aromatic amines is 1.